The first-order valence-corrected chi connectivity index (χ1v) is 5.68. The fourth-order valence-corrected chi connectivity index (χ4v) is 2.59. The quantitative estimate of drug-likeness (QED) is 0.892. The molecule has 0 aromatic carbocycles. The van der Waals surface area contributed by atoms with Crippen molar-refractivity contribution in [2.24, 2.45) is 5.73 Å². The lowest BCUT2D eigenvalue weighted by Crippen LogP contribution is -2.37. The van der Waals surface area contributed by atoms with Crippen LogP contribution in [0.3, 0.4) is 0 Å². The summed E-state index contributed by atoms with van der Waals surface area (Å²) in [4.78, 5) is 3.20. The summed E-state index contributed by atoms with van der Waals surface area (Å²) >= 11 is 1.49. The fraction of sp³-hybridized carbons (Fsp3) is 0.600. The highest BCUT2D eigenvalue weighted by atomic mass is 32.1. The van der Waals surface area contributed by atoms with Gasteiger partial charge in [0.25, 0.3) is 0 Å². The Morgan fingerprint density at radius 2 is 2.06 bits per heavy atom. The van der Waals surface area contributed by atoms with Gasteiger partial charge in [-0.3, -0.25) is 4.90 Å². The molecule has 0 fully saturated rings. The van der Waals surface area contributed by atoms with Crippen LogP contribution < -0.4 is 5.73 Å². The van der Waals surface area contributed by atoms with E-state index < -0.39 is 12.7 Å². The zero-order valence-corrected chi connectivity index (χ0v) is 10.0. The van der Waals surface area contributed by atoms with Crippen LogP contribution in [0.5, 0.6) is 0 Å². The maximum atomic E-state index is 12.2. The number of nitrogens with two attached hydrogens (primary N) is 1. The number of alkyl halides is 3. The summed E-state index contributed by atoms with van der Waals surface area (Å²) in [6.07, 6.45) is -4.19. The minimum Gasteiger partial charge on any atom is -0.329 e. The summed E-state index contributed by atoms with van der Waals surface area (Å²) in [7, 11) is 1.44. The highest BCUT2D eigenvalue weighted by Crippen LogP contribution is 2.28. The average molecular weight is 252 g/mol. The third-order valence-corrected chi connectivity index (χ3v) is 3.38. The summed E-state index contributed by atoms with van der Waals surface area (Å²) < 4.78 is 36.7. The van der Waals surface area contributed by atoms with Crippen LogP contribution in [0, 0.1) is 6.92 Å². The van der Waals surface area contributed by atoms with Crippen LogP contribution in [0.15, 0.2) is 12.1 Å². The van der Waals surface area contributed by atoms with E-state index in [2.05, 4.69) is 0 Å². The maximum absolute atomic E-state index is 12.2. The van der Waals surface area contributed by atoms with E-state index in [4.69, 9.17) is 5.73 Å². The Hall–Kier alpha value is -0.590. The van der Waals surface area contributed by atoms with Crippen LogP contribution in [0.1, 0.15) is 15.8 Å². The number of rotatable bonds is 4. The lowest BCUT2D eigenvalue weighted by atomic mass is 10.2. The van der Waals surface area contributed by atoms with Gasteiger partial charge < -0.3 is 5.73 Å². The second-order valence-electron chi connectivity index (χ2n) is 3.73. The summed E-state index contributed by atoms with van der Waals surface area (Å²) in [6, 6.07) is 3.37. The third-order valence-electron chi connectivity index (χ3n) is 2.27. The molecule has 2 nitrogen and oxygen atoms in total. The first-order valence-electron chi connectivity index (χ1n) is 4.87. The van der Waals surface area contributed by atoms with Crippen LogP contribution in [0.25, 0.3) is 0 Å². The van der Waals surface area contributed by atoms with Gasteiger partial charge in [0.1, 0.15) is 0 Å². The number of hydrogen-bond acceptors (Lipinski definition) is 3. The van der Waals surface area contributed by atoms with Gasteiger partial charge in [0.15, 0.2) is 0 Å². The fourth-order valence-electron chi connectivity index (χ4n) is 1.54. The van der Waals surface area contributed by atoms with Crippen molar-refractivity contribution < 1.29 is 13.2 Å². The lowest BCUT2D eigenvalue weighted by Gasteiger charge is -2.26. The number of halogens is 3. The Bertz CT molecular complexity index is 335. The van der Waals surface area contributed by atoms with Gasteiger partial charge in [-0.25, -0.2) is 0 Å². The van der Waals surface area contributed by atoms with Crippen molar-refractivity contribution in [2.45, 2.75) is 19.1 Å². The van der Waals surface area contributed by atoms with E-state index in [1.165, 1.54) is 23.3 Å². The van der Waals surface area contributed by atoms with Gasteiger partial charge in [-0.1, -0.05) is 0 Å². The molecule has 1 aromatic heterocycles. The van der Waals surface area contributed by atoms with Crippen LogP contribution in [0.2, 0.25) is 0 Å². The van der Waals surface area contributed by atoms with Gasteiger partial charge in [0.05, 0.1) is 12.6 Å². The number of hydrogen-bond donors (Lipinski definition) is 1. The van der Waals surface area contributed by atoms with E-state index in [-0.39, 0.29) is 12.6 Å². The number of nitrogens with zero attached hydrogens (tertiary/aromatic N) is 1. The molecule has 1 atom stereocenters. The highest BCUT2D eigenvalue weighted by Gasteiger charge is 2.32. The molecule has 1 unspecified atom stereocenters. The molecule has 92 valence electrons. The van der Waals surface area contributed by atoms with Crippen molar-refractivity contribution in [3.63, 3.8) is 0 Å². The van der Waals surface area contributed by atoms with Crippen molar-refractivity contribution in [3.05, 3.63) is 21.9 Å². The van der Waals surface area contributed by atoms with Crippen molar-refractivity contribution in [1.29, 1.82) is 0 Å². The molecule has 16 heavy (non-hydrogen) atoms. The van der Waals surface area contributed by atoms with Gasteiger partial charge in [-0.05, 0) is 26.1 Å². The summed E-state index contributed by atoms with van der Waals surface area (Å²) in [6.45, 7) is 1.17. The smallest absolute Gasteiger partial charge is 0.329 e. The largest absolute Gasteiger partial charge is 0.401 e. The second-order valence-corrected chi connectivity index (χ2v) is 5.05. The summed E-state index contributed by atoms with van der Waals surface area (Å²) in [5.41, 5.74) is 5.53. The Kier molecular flexibility index (Phi) is 4.35. The Balaban J connectivity index is 2.74. The first kappa shape index (κ1) is 13.5. The molecule has 2 N–H and O–H groups in total. The van der Waals surface area contributed by atoms with Gasteiger partial charge in [-0.2, -0.15) is 13.2 Å². The minimum absolute atomic E-state index is 0.187. The van der Waals surface area contributed by atoms with Gasteiger partial charge in [0.2, 0.25) is 0 Å². The SMILES string of the molecule is Cc1ccc(C(CN)N(C)CC(F)(F)F)s1. The van der Waals surface area contributed by atoms with Crippen molar-refractivity contribution in [2.75, 3.05) is 20.1 Å². The predicted octanol–water partition coefficient (Wildman–Crippen LogP) is 2.55. The molecule has 1 heterocycles. The Labute approximate surface area is 96.9 Å². The maximum Gasteiger partial charge on any atom is 0.401 e. The van der Waals surface area contributed by atoms with E-state index in [1.54, 1.807) is 0 Å². The van der Waals surface area contributed by atoms with E-state index in [0.29, 0.717) is 0 Å². The Morgan fingerprint density at radius 3 is 2.44 bits per heavy atom. The topological polar surface area (TPSA) is 29.3 Å². The summed E-state index contributed by atoms with van der Waals surface area (Å²) in [5, 5.41) is 0. The molecule has 0 aliphatic rings. The van der Waals surface area contributed by atoms with Crippen LogP contribution >= 0.6 is 11.3 Å². The number of aryl methyl sites for hydroxylation is 1. The zero-order valence-electron chi connectivity index (χ0n) is 9.21. The van der Waals surface area contributed by atoms with E-state index in [0.717, 1.165) is 9.75 Å². The Morgan fingerprint density at radius 1 is 1.44 bits per heavy atom. The summed E-state index contributed by atoms with van der Waals surface area (Å²) in [5.74, 6) is 0. The molecule has 0 spiro atoms. The number of likely N-dealkylation sites (N-methyl/N-ethyl adjacent to an activating group) is 1. The molecule has 0 amide bonds. The molecular formula is C10H15F3N2S. The van der Waals surface area contributed by atoms with E-state index in [9.17, 15) is 13.2 Å². The molecule has 0 radical (unpaired) electrons. The first-order chi connectivity index (χ1) is 7.33. The third kappa shape index (κ3) is 3.77. The molecule has 1 aromatic rings. The van der Waals surface area contributed by atoms with Gasteiger partial charge >= 0.3 is 6.18 Å². The van der Waals surface area contributed by atoms with E-state index in [1.807, 2.05) is 19.1 Å². The highest BCUT2D eigenvalue weighted by molar-refractivity contribution is 7.12. The molecule has 6 heteroatoms. The van der Waals surface area contributed by atoms with Crippen LogP contribution in [0.4, 0.5) is 13.2 Å². The molecular weight excluding hydrogens is 237 g/mol. The van der Waals surface area contributed by atoms with Crippen molar-refractivity contribution in [1.82, 2.24) is 4.90 Å². The molecule has 0 aliphatic heterocycles. The van der Waals surface area contributed by atoms with Crippen molar-refractivity contribution >= 4 is 11.3 Å². The van der Waals surface area contributed by atoms with Gasteiger partial charge in [-0.15, -0.1) is 11.3 Å². The van der Waals surface area contributed by atoms with Crippen molar-refractivity contribution in [3.8, 4) is 0 Å². The molecule has 1 rings (SSSR count). The normalized spacial score (nSPS) is 14.4. The average Bonchev–Trinajstić information content (AvgIpc) is 2.49. The molecule has 0 saturated carbocycles. The zero-order chi connectivity index (χ0) is 12.3. The molecule has 0 aliphatic carbocycles. The van der Waals surface area contributed by atoms with E-state index >= 15 is 0 Å². The number of thiophene rings is 1. The standard InChI is InChI=1S/C10H15F3N2S/c1-7-3-4-9(16-7)8(5-14)15(2)6-10(11,12)13/h3-4,8H,5-6,14H2,1-2H3. The predicted molar refractivity (Wildman–Crippen MR) is 59.5 cm³/mol. The monoisotopic (exact) mass is 252 g/mol. The minimum atomic E-state index is -4.19. The van der Waals surface area contributed by atoms with Gasteiger partial charge in [0, 0.05) is 16.3 Å². The van der Waals surface area contributed by atoms with Crippen LogP contribution in [-0.4, -0.2) is 31.2 Å². The molecule has 0 bridgehead atoms. The lowest BCUT2D eigenvalue weighted by molar-refractivity contribution is -0.147. The molecule has 0 saturated heterocycles. The van der Waals surface area contributed by atoms with Crippen LogP contribution in [-0.2, 0) is 0 Å². The second kappa shape index (κ2) is 5.16.